The maximum atomic E-state index is 13.5. The molecule has 0 unspecified atom stereocenters. The summed E-state index contributed by atoms with van der Waals surface area (Å²) >= 11 is 0. The van der Waals surface area contributed by atoms with Gasteiger partial charge in [0.25, 0.3) is 15.9 Å². The number of hydrogen-bond donors (Lipinski definition) is 2. The van der Waals surface area contributed by atoms with Crippen LogP contribution in [0.4, 0.5) is 10.5 Å². The van der Waals surface area contributed by atoms with E-state index in [0.29, 0.717) is 23.4 Å². The smallest absolute Gasteiger partial charge is 0.333 e. The van der Waals surface area contributed by atoms with E-state index in [0.717, 1.165) is 24.2 Å². The highest BCUT2D eigenvalue weighted by Gasteiger charge is 2.24. The first-order valence-electron chi connectivity index (χ1n) is 11.4. The van der Waals surface area contributed by atoms with E-state index in [1.54, 1.807) is 62.5 Å². The highest BCUT2D eigenvalue weighted by atomic mass is 32.2. The zero-order valence-corrected chi connectivity index (χ0v) is 20.8. The number of carbonyl (C=O) groups is 2. The number of rotatable bonds is 6. The van der Waals surface area contributed by atoms with E-state index in [9.17, 15) is 18.0 Å². The number of fused-ring (bicyclic) bond motifs is 1. The number of ether oxygens (including phenoxy) is 1. The van der Waals surface area contributed by atoms with Crippen LogP contribution in [-0.2, 0) is 21.2 Å². The van der Waals surface area contributed by atoms with Crippen LogP contribution in [0.25, 0.3) is 6.08 Å². The molecule has 0 fully saturated rings. The molecule has 4 rings (SSSR count). The summed E-state index contributed by atoms with van der Waals surface area (Å²) in [4.78, 5) is 27.6. The van der Waals surface area contributed by atoms with Crippen molar-refractivity contribution < 1.29 is 22.7 Å². The predicted octanol–water partition coefficient (Wildman–Crippen LogP) is 4.01. The van der Waals surface area contributed by atoms with Crippen molar-refractivity contribution in [1.29, 1.82) is 0 Å². The second kappa shape index (κ2) is 10.7. The van der Waals surface area contributed by atoms with E-state index >= 15 is 0 Å². The number of hydrogen-bond acceptors (Lipinski definition) is 5. The fourth-order valence-electron chi connectivity index (χ4n) is 3.90. The van der Waals surface area contributed by atoms with E-state index in [2.05, 4.69) is 5.32 Å². The Hall–Kier alpha value is -4.11. The lowest BCUT2D eigenvalue weighted by atomic mass is 10.1. The zero-order chi connectivity index (χ0) is 25.7. The van der Waals surface area contributed by atoms with Gasteiger partial charge in [0.05, 0.1) is 11.5 Å². The van der Waals surface area contributed by atoms with Gasteiger partial charge in [-0.05, 0) is 66.8 Å². The Kier molecular flexibility index (Phi) is 7.40. The topological polar surface area (TPSA) is 105 Å². The van der Waals surface area contributed by atoms with Crippen molar-refractivity contribution in [1.82, 2.24) is 10.0 Å². The number of carbonyl (C=O) groups excluding carboxylic acids is 2. The molecule has 0 aromatic heterocycles. The maximum Gasteiger partial charge on any atom is 0.333 e. The van der Waals surface area contributed by atoms with Crippen molar-refractivity contribution in [3.63, 3.8) is 0 Å². The van der Waals surface area contributed by atoms with Crippen molar-refractivity contribution >= 4 is 33.7 Å². The molecule has 8 nitrogen and oxygen atoms in total. The van der Waals surface area contributed by atoms with Crippen LogP contribution in [0.1, 0.15) is 23.1 Å². The SMILES string of the molecule is Cc1ccccc1S(=O)(=O)NC(=O)N/C(=C\c1ccccc1)C(=O)N(C)c1ccc2c(c1)CCCO2. The van der Waals surface area contributed by atoms with Crippen LogP contribution in [0, 0.1) is 6.92 Å². The Bertz CT molecular complexity index is 1420. The molecule has 1 aliphatic rings. The fraction of sp³-hybridized carbons (Fsp3) is 0.185. The molecule has 0 aliphatic carbocycles. The maximum absolute atomic E-state index is 13.5. The van der Waals surface area contributed by atoms with Gasteiger partial charge >= 0.3 is 6.03 Å². The van der Waals surface area contributed by atoms with Gasteiger partial charge in [-0.2, -0.15) is 0 Å². The first-order valence-corrected chi connectivity index (χ1v) is 12.9. The Labute approximate surface area is 210 Å². The minimum Gasteiger partial charge on any atom is -0.493 e. The number of aryl methyl sites for hydroxylation is 2. The molecule has 3 amide bonds. The third-order valence-electron chi connectivity index (χ3n) is 5.78. The quantitative estimate of drug-likeness (QED) is 0.493. The molecule has 186 valence electrons. The number of likely N-dealkylation sites (N-methyl/N-ethyl adjacent to an activating group) is 1. The highest BCUT2D eigenvalue weighted by molar-refractivity contribution is 7.90. The zero-order valence-electron chi connectivity index (χ0n) is 20.0. The molecule has 36 heavy (non-hydrogen) atoms. The lowest BCUT2D eigenvalue weighted by Gasteiger charge is -2.23. The Morgan fingerprint density at radius 3 is 2.47 bits per heavy atom. The Morgan fingerprint density at radius 2 is 1.72 bits per heavy atom. The molecule has 3 aromatic carbocycles. The second-order valence-electron chi connectivity index (χ2n) is 8.40. The summed E-state index contributed by atoms with van der Waals surface area (Å²) in [5.41, 5.74) is 2.69. The molecule has 0 bridgehead atoms. The summed E-state index contributed by atoms with van der Waals surface area (Å²) in [5.74, 6) is 0.281. The summed E-state index contributed by atoms with van der Waals surface area (Å²) in [6, 6.07) is 19.7. The van der Waals surface area contributed by atoms with Gasteiger partial charge in [-0.1, -0.05) is 48.5 Å². The van der Waals surface area contributed by atoms with Gasteiger partial charge in [0.15, 0.2) is 0 Å². The van der Waals surface area contributed by atoms with Crippen LogP contribution in [0.5, 0.6) is 5.75 Å². The average Bonchev–Trinajstić information content (AvgIpc) is 2.87. The molecule has 2 N–H and O–H groups in total. The average molecular weight is 506 g/mol. The Morgan fingerprint density at radius 1 is 1.00 bits per heavy atom. The third-order valence-corrected chi connectivity index (χ3v) is 7.27. The molecular formula is C27H27N3O5S. The first-order chi connectivity index (χ1) is 17.2. The lowest BCUT2D eigenvalue weighted by molar-refractivity contribution is -0.115. The number of sulfonamides is 1. The summed E-state index contributed by atoms with van der Waals surface area (Å²) < 4.78 is 33.2. The Balaban J connectivity index is 1.60. The van der Waals surface area contributed by atoms with Gasteiger partial charge in [0.2, 0.25) is 0 Å². The van der Waals surface area contributed by atoms with Gasteiger partial charge in [0.1, 0.15) is 11.4 Å². The summed E-state index contributed by atoms with van der Waals surface area (Å²) in [6.07, 6.45) is 3.24. The molecule has 1 aliphatic heterocycles. The minimum absolute atomic E-state index is 0.0199. The van der Waals surface area contributed by atoms with Gasteiger partial charge in [0, 0.05) is 12.7 Å². The number of nitrogens with zero attached hydrogens (tertiary/aromatic N) is 1. The number of nitrogens with one attached hydrogen (secondary N) is 2. The highest BCUT2D eigenvalue weighted by Crippen LogP contribution is 2.29. The first kappa shape index (κ1) is 25.0. The molecule has 0 saturated carbocycles. The monoisotopic (exact) mass is 505 g/mol. The van der Waals surface area contributed by atoms with E-state index in [1.165, 1.54) is 17.0 Å². The van der Waals surface area contributed by atoms with Crippen LogP contribution in [0.15, 0.2) is 83.4 Å². The summed E-state index contributed by atoms with van der Waals surface area (Å²) in [6.45, 7) is 2.30. The van der Waals surface area contributed by atoms with Gasteiger partial charge < -0.3 is 15.0 Å². The van der Waals surface area contributed by atoms with Gasteiger partial charge in [-0.25, -0.2) is 17.9 Å². The molecule has 0 atom stereocenters. The normalized spacial score (nSPS) is 13.2. The molecule has 0 radical (unpaired) electrons. The molecule has 0 spiro atoms. The van der Waals surface area contributed by atoms with E-state index in [1.807, 2.05) is 22.9 Å². The van der Waals surface area contributed by atoms with Gasteiger partial charge in [-0.15, -0.1) is 0 Å². The van der Waals surface area contributed by atoms with Crippen LogP contribution in [-0.4, -0.2) is 34.0 Å². The number of amides is 3. The third kappa shape index (κ3) is 5.75. The minimum atomic E-state index is -4.15. The van der Waals surface area contributed by atoms with Crippen LogP contribution < -0.4 is 19.7 Å². The molecule has 0 saturated heterocycles. The summed E-state index contributed by atoms with van der Waals surface area (Å²) in [7, 11) is -2.55. The number of anilines is 1. The van der Waals surface area contributed by atoms with Crippen LogP contribution in [0.3, 0.4) is 0 Å². The molecular weight excluding hydrogens is 478 g/mol. The second-order valence-corrected chi connectivity index (χ2v) is 10.1. The lowest BCUT2D eigenvalue weighted by Crippen LogP contribution is -2.43. The standard InChI is InChI=1S/C27H27N3O5S/c1-19-9-6-7-13-25(19)36(33,34)29-27(32)28-23(17-20-10-4-3-5-11-20)26(31)30(2)22-14-15-24-21(18-22)12-8-16-35-24/h3-7,9-11,13-15,17-18H,8,12,16H2,1-2H3,(H2,28,29,32)/b23-17-. The number of urea groups is 1. The molecule has 1 heterocycles. The van der Waals surface area contributed by atoms with Crippen molar-refractivity contribution in [2.24, 2.45) is 0 Å². The van der Waals surface area contributed by atoms with Crippen LogP contribution >= 0.6 is 0 Å². The van der Waals surface area contributed by atoms with Crippen molar-refractivity contribution in [3.8, 4) is 5.75 Å². The van der Waals surface area contributed by atoms with Crippen molar-refractivity contribution in [2.75, 3.05) is 18.6 Å². The number of benzene rings is 3. The largest absolute Gasteiger partial charge is 0.493 e. The van der Waals surface area contributed by atoms with Crippen LogP contribution in [0.2, 0.25) is 0 Å². The predicted molar refractivity (Wildman–Crippen MR) is 138 cm³/mol. The molecule has 3 aromatic rings. The molecule has 9 heteroatoms. The summed E-state index contributed by atoms with van der Waals surface area (Å²) in [5, 5.41) is 2.44. The van der Waals surface area contributed by atoms with E-state index < -0.39 is 22.0 Å². The van der Waals surface area contributed by atoms with Crippen molar-refractivity contribution in [2.45, 2.75) is 24.7 Å². The fourth-order valence-corrected chi connectivity index (χ4v) is 5.06. The van der Waals surface area contributed by atoms with Gasteiger partial charge in [-0.3, -0.25) is 4.79 Å². The van der Waals surface area contributed by atoms with E-state index in [-0.39, 0.29) is 10.6 Å². The van der Waals surface area contributed by atoms with Crippen molar-refractivity contribution in [3.05, 3.63) is 95.2 Å². The van der Waals surface area contributed by atoms with E-state index in [4.69, 9.17) is 4.74 Å².